The molecular formula is C15H16FNO4. The zero-order valence-electron chi connectivity index (χ0n) is 12.1. The summed E-state index contributed by atoms with van der Waals surface area (Å²) in [5.74, 6) is -1.79. The van der Waals surface area contributed by atoms with Crippen LogP contribution in [-0.4, -0.2) is 23.7 Å². The van der Waals surface area contributed by atoms with E-state index in [0.717, 1.165) is 5.06 Å². The van der Waals surface area contributed by atoms with Gasteiger partial charge in [0.2, 0.25) is 0 Å². The van der Waals surface area contributed by atoms with Gasteiger partial charge < -0.3 is 9.57 Å². The van der Waals surface area contributed by atoms with Crippen molar-refractivity contribution in [1.29, 1.82) is 0 Å². The van der Waals surface area contributed by atoms with Crippen LogP contribution in [0.4, 0.5) is 4.39 Å². The number of rotatable bonds is 3. The van der Waals surface area contributed by atoms with E-state index in [0.29, 0.717) is 5.76 Å². The van der Waals surface area contributed by atoms with E-state index < -0.39 is 17.7 Å². The molecule has 1 amide bonds. The number of nitrogens with zero attached hydrogens (tertiary/aromatic N) is 1. The Bertz CT molecular complexity index is 609. The van der Waals surface area contributed by atoms with E-state index in [2.05, 4.69) is 0 Å². The van der Waals surface area contributed by atoms with E-state index in [1.54, 1.807) is 26.8 Å². The van der Waals surface area contributed by atoms with Crippen molar-refractivity contribution >= 4 is 17.4 Å². The van der Waals surface area contributed by atoms with E-state index in [1.165, 1.54) is 18.2 Å². The molecule has 5 nitrogen and oxygen atoms in total. The maximum Gasteiger partial charge on any atom is 0.335 e. The van der Waals surface area contributed by atoms with Gasteiger partial charge in [-0.2, -0.15) is 0 Å². The van der Waals surface area contributed by atoms with Gasteiger partial charge in [0.1, 0.15) is 11.6 Å². The van der Waals surface area contributed by atoms with Crippen molar-refractivity contribution in [3.63, 3.8) is 0 Å². The van der Waals surface area contributed by atoms with E-state index in [4.69, 9.17) is 9.57 Å². The van der Waals surface area contributed by atoms with Crippen molar-refractivity contribution in [2.24, 2.45) is 5.92 Å². The fourth-order valence-corrected chi connectivity index (χ4v) is 1.81. The summed E-state index contributed by atoms with van der Waals surface area (Å²) in [7, 11) is 0. The topological polar surface area (TPSA) is 55.8 Å². The van der Waals surface area contributed by atoms with Crippen molar-refractivity contribution in [2.75, 3.05) is 6.73 Å². The Kier molecular flexibility index (Phi) is 4.26. The highest BCUT2D eigenvalue weighted by Crippen LogP contribution is 2.28. The zero-order valence-corrected chi connectivity index (χ0v) is 12.1. The predicted octanol–water partition coefficient (Wildman–Crippen LogP) is 2.49. The summed E-state index contributed by atoms with van der Waals surface area (Å²) in [5.41, 5.74) is 0.168. The molecule has 1 aromatic rings. The van der Waals surface area contributed by atoms with Gasteiger partial charge in [-0.3, -0.25) is 4.79 Å². The first-order valence-corrected chi connectivity index (χ1v) is 6.54. The molecule has 1 aromatic carbocycles. The van der Waals surface area contributed by atoms with Crippen molar-refractivity contribution in [3.05, 3.63) is 41.4 Å². The average molecular weight is 293 g/mol. The number of allylic oxidation sites excluding steroid dienone is 1. The summed E-state index contributed by atoms with van der Waals surface area (Å²) < 4.78 is 19.2. The third-order valence-electron chi connectivity index (χ3n) is 3.01. The van der Waals surface area contributed by atoms with Crippen LogP contribution in [0.5, 0.6) is 0 Å². The minimum Gasteiger partial charge on any atom is -0.474 e. The maximum atomic E-state index is 13.9. The number of halogens is 1. The number of carbonyl (C=O) groups excluding carboxylic acids is 2. The van der Waals surface area contributed by atoms with Gasteiger partial charge in [0.05, 0.1) is 11.5 Å². The quantitative estimate of drug-likeness (QED) is 0.859. The molecule has 0 fully saturated rings. The lowest BCUT2D eigenvalue weighted by Crippen LogP contribution is -2.40. The Morgan fingerprint density at radius 1 is 1.38 bits per heavy atom. The lowest BCUT2D eigenvalue weighted by molar-refractivity contribution is -0.214. The standard InChI is InChI=1S/C15H16FNO4/c1-9(2)15(19)21-17-8-20-10(3)13(14(17)18)11-6-4-5-7-12(11)16/h4-7,9H,8H2,1-3H3. The van der Waals surface area contributed by atoms with Crippen LogP contribution in [0.25, 0.3) is 5.57 Å². The summed E-state index contributed by atoms with van der Waals surface area (Å²) in [4.78, 5) is 28.9. The SMILES string of the molecule is CC1=C(c2ccccc2F)C(=O)N(OC(=O)C(C)C)CO1. The Morgan fingerprint density at radius 2 is 2.05 bits per heavy atom. The molecule has 1 aliphatic rings. The lowest BCUT2D eigenvalue weighted by atomic mass is 10.0. The lowest BCUT2D eigenvalue weighted by Gasteiger charge is -2.28. The molecule has 0 saturated carbocycles. The van der Waals surface area contributed by atoms with Gasteiger partial charge in [-0.15, -0.1) is 5.06 Å². The van der Waals surface area contributed by atoms with Gasteiger partial charge in [-0.1, -0.05) is 32.0 Å². The number of carbonyl (C=O) groups is 2. The number of hydrogen-bond donors (Lipinski definition) is 0. The van der Waals surface area contributed by atoms with Crippen LogP contribution >= 0.6 is 0 Å². The van der Waals surface area contributed by atoms with E-state index in [9.17, 15) is 14.0 Å². The fraction of sp³-hybridized carbons (Fsp3) is 0.333. The first kappa shape index (κ1) is 15.0. The molecule has 1 heterocycles. The Morgan fingerprint density at radius 3 is 2.67 bits per heavy atom. The first-order chi connectivity index (χ1) is 9.91. The zero-order chi connectivity index (χ0) is 15.6. The van der Waals surface area contributed by atoms with Crippen molar-refractivity contribution in [3.8, 4) is 0 Å². The largest absolute Gasteiger partial charge is 0.474 e. The number of ether oxygens (including phenoxy) is 1. The first-order valence-electron chi connectivity index (χ1n) is 6.54. The Hall–Kier alpha value is -2.37. The smallest absolute Gasteiger partial charge is 0.335 e. The molecular weight excluding hydrogens is 277 g/mol. The highest BCUT2D eigenvalue weighted by Gasteiger charge is 2.32. The van der Waals surface area contributed by atoms with Gasteiger partial charge in [-0.05, 0) is 13.0 Å². The molecule has 0 N–H and O–H groups in total. The molecule has 2 rings (SSSR count). The van der Waals surface area contributed by atoms with Crippen LogP contribution in [0.15, 0.2) is 30.0 Å². The number of amides is 1. The van der Waals surface area contributed by atoms with Gasteiger partial charge in [0.15, 0.2) is 6.73 Å². The summed E-state index contributed by atoms with van der Waals surface area (Å²) in [6, 6.07) is 5.87. The van der Waals surface area contributed by atoms with Crippen LogP contribution in [0.3, 0.4) is 0 Å². The van der Waals surface area contributed by atoms with Crippen molar-refractivity contribution in [1.82, 2.24) is 5.06 Å². The normalized spacial score (nSPS) is 15.3. The second-order valence-electron chi connectivity index (χ2n) is 4.93. The highest BCUT2D eigenvalue weighted by molar-refractivity contribution is 6.20. The average Bonchev–Trinajstić information content (AvgIpc) is 2.44. The molecule has 112 valence electrons. The van der Waals surface area contributed by atoms with E-state index >= 15 is 0 Å². The van der Waals surface area contributed by atoms with Gasteiger partial charge in [0, 0.05) is 5.56 Å². The summed E-state index contributed by atoms with van der Waals surface area (Å²) in [6.07, 6.45) is 0. The molecule has 0 atom stereocenters. The molecule has 0 aliphatic carbocycles. The molecule has 6 heteroatoms. The van der Waals surface area contributed by atoms with Crippen LogP contribution in [0.2, 0.25) is 0 Å². The van der Waals surface area contributed by atoms with Gasteiger partial charge in [0.25, 0.3) is 5.91 Å². The van der Waals surface area contributed by atoms with Gasteiger partial charge >= 0.3 is 5.97 Å². The molecule has 0 saturated heterocycles. The summed E-state index contributed by atoms with van der Waals surface area (Å²) in [5, 5.41) is 0.803. The Balaban J connectivity index is 2.31. The third kappa shape index (κ3) is 3.04. The Labute approximate surface area is 121 Å². The fourth-order valence-electron chi connectivity index (χ4n) is 1.81. The molecule has 1 aliphatic heterocycles. The number of hydroxylamine groups is 2. The molecule has 0 aromatic heterocycles. The van der Waals surface area contributed by atoms with Gasteiger partial charge in [-0.25, -0.2) is 9.18 Å². The second-order valence-corrected chi connectivity index (χ2v) is 4.93. The van der Waals surface area contributed by atoms with Crippen LogP contribution in [-0.2, 0) is 19.2 Å². The predicted molar refractivity (Wildman–Crippen MR) is 72.7 cm³/mol. The van der Waals surface area contributed by atoms with Crippen LogP contribution in [0, 0.1) is 11.7 Å². The number of hydrogen-bond acceptors (Lipinski definition) is 4. The third-order valence-corrected chi connectivity index (χ3v) is 3.01. The number of benzene rings is 1. The van der Waals surface area contributed by atoms with Crippen molar-refractivity contribution < 1.29 is 23.6 Å². The highest BCUT2D eigenvalue weighted by atomic mass is 19.1. The molecule has 0 unspecified atom stereocenters. The molecule has 0 bridgehead atoms. The van der Waals surface area contributed by atoms with E-state index in [1.807, 2.05) is 0 Å². The molecule has 21 heavy (non-hydrogen) atoms. The maximum absolute atomic E-state index is 13.9. The summed E-state index contributed by atoms with van der Waals surface area (Å²) >= 11 is 0. The monoisotopic (exact) mass is 293 g/mol. The minimum absolute atomic E-state index is 0.0518. The molecule has 0 radical (unpaired) electrons. The minimum atomic E-state index is -0.599. The van der Waals surface area contributed by atoms with E-state index in [-0.39, 0.29) is 23.8 Å². The molecule has 0 spiro atoms. The van der Waals surface area contributed by atoms with Crippen molar-refractivity contribution in [2.45, 2.75) is 20.8 Å². The second kappa shape index (κ2) is 5.95. The summed E-state index contributed by atoms with van der Waals surface area (Å²) in [6.45, 7) is 4.66. The van der Waals surface area contributed by atoms with Crippen LogP contribution in [0.1, 0.15) is 26.3 Å². The van der Waals surface area contributed by atoms with Crippen LogP contribution < -0.4 is 0 Å².